The van der Waals surface area contributed by atoms with Crippen molar-refractivity contribution in [2.24, 2.45) is 0 Å². The van der Waals surface area contributed by atoms with Gasteiger partial charge in [0.05, 0.1) is 6.04 Å². The van der Waals surface area contributed by atoms with Crippen molar-refractivity contribution in [3.05, 3.63) is 106 Å². The topological polar surface area (TPSA) is 56.4 Å². The highest BCUT2D eigenvalue weighted by Gasteiger charge is 2.48. The molecule has 2 aliphatic heterocycles. The average molecular weight is 456 g/mol. The smallest absolute Gasteiger partial charge is 0.246 e. The first-order valence-electron chi connectivity index (χ1n) is 11.1. The Bertz CT molecular complexity index is 1380. The van der Waals surface area contributed by atoms with Gasteiger partial charge in [0.15, 0.2) is 0 Å². The standard InChI is InChI=1S/C27H22ClN3O2/c28-21-12-6-4-10-18(21)15-30-16-24(32)31-23(27(30)33)14-20-19-11-5-7-13-22(19)29-25(20)26(31)17-8-2-1-3-9-17/h1-13,23,26,29H,14-16H2/t23-,26?/m0/s1. The van der Waals surface area contributed by atoms with Gasteiger partial charge in [0, 0.05) is 34.6 Å². The molecule has 0 saturated carbocycles. The zero-order chi connectivity index (χ0) is 22.5. The van der Waals surface area contributed by atoms with Gasteiger partial charge in [0.1, 0.15) is 12.6 Å². The number of piperazine rings is 1. The van der Waals surface area contributed by atoms with E-state index in [1.165, 1.54) is 0 Å². The van der Waals surface area contributed by atoms with Crippen molar-refractivity contribution in [1.82, 2.24) is 14.8 Å². The number of hydrogen-bond acceptors (Lipinski definition) is 2. The number of halogens is 1. The predicted molar refractivity (Wildman–Crippen MR) is 128 cm³/mol. The molecule has 2 atom stereocenters. The summed E-state index contributed by atoms with van der Waals surface area (Å²) in [5.41, 5.74) is 4.98. The lowest BCUT2D eigenvalue weighted by molar-refractivity contribution is -0.159. The third-order valence-electron chi connectivity index (χ3n) is 6.78. The molecule has 4 aromatic rings. The Labute approximate surface area is 196 Å². The molecule has 0 aliphatic carbocycles. The monoisotopic (exact) mass is 455 g/mol. The summed E-state index contributed by atoms with van der Waals surface area (Å²) < 4.78 is 0. The number of rotatable bonds is 3. The van der Waals surface area contributed by atoms with E-state index in [9.17, 15) is 9.59 Å². The molecular formula is C27H22ClN3O2. The second-order valence-electron chi connectivity index (χ2n) is 8.68. The van der Waals surface area contributed by atoms with Crippen LogP contribution in [0.1, 0.15) is 28.4 Å². The molecule has 1 saturated heterocycles. The molecule has 1 unspecified atom stereocenters. The second kappa shape index (κ2) is 7.78. The molecule has 3 heterocycles. The quantitative estimate of drug-likeness (QED) is 0.486. The van der Waals surface area contributed by atoms with Crippen molar-refractivity contribution in [1.29, 1.82) is 0 Å². The number of carbonyl (C=O) groups is 2. The lowest BCUT2D eigenvalue weighted by Crippen LogP contribution is -2.62. The normalized spacial score (nSPS) is 20.2. The van der Waals surface area contributed by atoms with E-state index in [1.54, 1.807) is 9.80 Å². The van der Waals surface area contributed by atoms with Crippen LogP contribution in [0.15, 0.2) is 78.9 Å². The Morgan fingerprint density at radius 2 is 1.64 bits per heavy atom. The van der Waals surface area contributed by atoms with Gasteiger partial charge in [-0.15, -0.1) is 0 Å². The molecule has 0 spiro atoms. The Morgan fingerprint density at radius 3 is 2.45 bits per heavy atom. The number of benzene rings is 3. The van der Waals surface area contributed by atoms with E-state index in [0.29, 0.717) is 18.0 Å². The molecule has 1 fully saturated rings. The number of carbonyl (C=O) groups excluding carboxylic acids is 2. The molecule has 6 rings (SSSR count). The van der Waals surface area contributed by atoms with Crippen molar-refractivity contribution in [3.8, 4) is 0 Å². The average Bonchev–Trinajstić information content (AvgIpc) is 3.21. The van der Waals surface area contributed by atoms with Crippen LogP contribution in [0.25, 0.3) is 10.9 Å². The Balaban J connectivity index is 1.46. The van der Waals surface area contributed by atoms with E-state index in [-0.39, 0.29) is 24.4 Å². The van der Waals surface area contributed by atoms with Gasteiger partial charge in [-0.3, -0.25) is 9.59 Å². The molecular weight excluding hydrogens is 434 g/mol. The molecule has 0 radical (unpaired) electrons. The molecule has 1 N–H and O–H groups in total. The van der Waals surface area contributed by atoms with Crippen LogP contribution < -0.4 is 0 Å². The van der Waals surface area contributed by atoms with Crippen molar-refractivity contribution < 1.29 is 9.59 Å². The van der Waals surface area contributed by atoms with E-state index in [0.717, 1.165) is 33.3 Å². The number of H-pyrrole nitrogens is 1. The molecule has 5 nitrogen and oxygen atoms in total. The fraction of sp³-hybridized carbons (Fsp3) is 0.185. The van der Waals surface area contributed by atoms with E-state index in [1.807, 2.05) is 72.8 Å². The zero-order valence-corrected chi connectivity index (χ0v) is 18.6. The first-order valence-corrected chi connectivity index (χ1v) is 11.5. The highest BCUT2D eigenvalue weighted by Crippen LogP contribution is 2.42. The number of nitrogens with one attached hydrogen (secondary N) is 1. The zero-order valence-electron chi connectivity index (χ0n) is 17.9. The van der Waals surface area contributed by atoms with E-state index in [4.69, 9.17) is 11.6 Å². The van der Waals surface area contributed by atoms with Crippen molar-refractivity contribution in [2.45, 2.75) is 25.0 Å². The van der Waals surface area contributed by atoms with Crippen molar-refractivity contribution in [2.75, 3.05) is 6.54 Å². The van der Waals surface area contributed by atoms with Gasteiger partial charge in [0.25, 0.3) is 0 Å². The van der Waals surface area contributed by atoms with Crippen LogP contribution in [-0.4, -0.2) is 39.2 Å². The maximum absolute atomic E-state index is 13.7. The Kier molecular flexibility index (Phi) is 4.73. The fourth-order valence-electron chi connectivity index (χ4n) is 5.27. The first-order chi connectivity index (χ1) is 16.1. The van der Waals surface area contributed by atoms with Gasteiger partial charge in [-0.1, -0.05) is 78.3 Å². The lowest BCUT2D eigenvalue weighted by Gasteiger charge is -2.47. The number of hydrogen-bond donors (Lipinski definition) is 1. The summed E-state index contributed by atoms with van der Waals surface area (Å²) in [4.78, 5) is 34.3. The summed E-state index contributed by atoms with van der Waals surface area (Å²) in [6, 6.07) is 24.7. The molecule has 6 heteroatoms. The molecule has 0 bridgehead atoms. The fourth-order valence-corrected chi connectivity index (χ4v) is 5.47. The summed E-state index contributed by atoms with van der Waals surface area (Å²) in [7, 11) is 0. The summed E-state index contributed by atoms with van der Waals surface area (Å²) in [5.74, 6) is -0.0869. The van der Waals surface area contributed by atoms with Gasteiger partial charge in [-0.2, -0.15) is 0 Å². The molecule has 2 amide bonds. The van der Waals surface area contributed by atoms with Crippen molar-refractivity contribution in [3.63, 3.8) is 0 Å². The number of nitrogens with zero attached hydrogens (tertiary/aromatic N) is 2. The lowest BCUT2D eigenvalue weighted by atomic mass is 9.86. The minimum absolute atomic E-state index is 0.0358. The van der Waals surface area contributed by atoms with Crippen LogP contribution in [-0.2, 0) is 22.6 Å². The van der Waals surface area contributed by atoms with E-state index >= 15 is 0 Å². The van der Waals surface area contributed by atoms with Crippen LogP contribution in [0, 0.1) is 0 Å². The summed E-state index contributed by atoms with van der Waals surface area (Å²) in [6.45, 7) is 0.366. The first kappa shape index (κ1) is 20.1. The van der Waals surface area contributed by atoms with Gasteiger partial charge in [-0.25, -0.2) is 0 Å². The highest BCUT2D eigenvalue weighted by atomic mass is 35.5. The van der Waals surface area contributed by atoms with Gasteiger partial charge in [-0.05, 0) is 28.8 Å². The van der Waals surface area contributed by atoms with Gasteiger partial charge < -0.3 is 14.8 Å². The SMILES string of the molecule is O=C1[C@@H]2Cc3c([nH]c4ccccc34)C(c3ccccc3)N2C(=O)CN1Cc1ccccc1Cl. The maximum atomic E-state index is 13.7. The molecule has 1 aromatic heterocycles. The van der Waals surface area contributed by atoms with Crippen LogP contribution in [0.3, 0.4) is 0 Å². The van der Waals surface area contributed by atoms with Crippen LogP contribution in [0.2, 0.25) is 5.02 Å². The number of aromatic nitrogens is 1. The van der Waals surface area contributed by atoms with Crippen LogP contribution >= 0.6 is 11.6 Å². The Morgan fingerprint density at radius 1 is 0.909 bits per heavy atom. The van der Waals surface area contributed by atoms with Gasteiger partial charge >= 0.3 is 0 Å². The minimum Gasteiger partial charge on any atom is -0.356 e. The number of aromatic amines is 1. The maximum Gasteiger partial charge on any atom is 0.246 e. The number of para-hydroxylation sites is 1. The molecule has 33 heavy (non-hydrogen) atoms. The molecule has 3 aromatic carbocycles. The molecule has 164 valence electrons. The second-order valence-corrected chi connectivity index (χ2v) is 9.09. The third-order valence-corrected chi connectivity index (χ3v) is 7.15. The summed E-state index contributed by atoms with van der Waals surface area (Å²) >= 11 is 6.35. The Hall–Kier alpha value is -3.57. The largest absolute Gasteiger partial charge is 0.356 e. The third kappa shape index (κ3) is 3.23. The highest BCUT2D eigenvalue weighted by molar-refractivity contribution is 6.31. The van der Waals surface area contributed by atoms with Gasteiger partial charge in [0.2, 0.25) is 11.8 Å². The minimum atomic E-state index is -0.550. The van der Waals surface area contributed by atoms with Crippen LogP contribution in [0.4, 0.5) is 0 Å². The predicted octanol–water partition coefficient (Wildman–Crippen LogP) is 4.71. The van der Waals surface area contributed by atoms with E-state index in [2.05, 4.69) is 11.1 Å². The summed E-state index contributed by atoms with van der Waals surface area (Å²) in [6.07, 6.45) is 0.492. The van der Waals surface area contributed by atoms with Crippen LogP contribution in [0.5, 0.6) is 0 Å². The molecule has 2 aliphatic rings. The van der Waals surface area contributed by atoms with E-state index < -0.39 is 6.04 Å². The number of amides is 2. The summed E-state index contributed by atoms with van der Waals surface area (Å²) in [5, 5.41) is 1.71. The number of fused-ring (bicyclic) bond motifs is 4. The van der Waals surface area contributed by atoms with Crippen molar-refractivity contribution >= 4 is 34.3 Å².